The Morgan fingerprint density at radius 1 is 0.867 bits per heavy atom. The Morgan fingerprint density at radius 3 is 2.17 bits per heavy atom. The molecule has 0 radical (unpaired) electrons. The van der Waals surface area contributed by atoms with Gasteiger partial charge in [-0.05, 0) is 43.0 Å². The number of aromatic nitrogens is 2. The molecule has 1 aliphatic heterocycles. The van der Waals surface area contributed by atoms with Crippen LogP contribution in [-0.4, -0.2) is 46.2 Å². The van der Waals surface area contributed by atoms with Gasteiger partial charge in [-0.2, -0.15) is 0 Å². The maximum absolute atomic E-state index is 6.00. The minimum Gasteiger partial charge on any atom is -0.419 e. The lowest BCUT2D eigenvalue weighted by Crippen LogP contribution is -2.46. The van der Waals surface area contributed by atoms with Gasteiger partial charge < -0.3 is 4.42 Å². The summed E-state index contributed by atoms with van der Waals surface area (Å²) in [5, 5.41) is 8.60. The second kappa shape index (κ2) is 9.11. The van der Waals surface area contributed by atoms with Gasteiger partial charge >= 0.3 is 0 Å². The summed E-state index contributed by atoms with van der Waals surface area (Å²) in [4.78, 5) is 4.96. The lowest BCUT2D eigenvalue weighted by Gasteiger charge is -2.36. The van der Waals surface area contributed by atoms with Crippen molar-refractivity contribution in [3.05, 3.63) is 71.1 Å². The van der Waals surface area contributed by atoms with Crippen molar-refractivity contribution in [1.82, 2.24) is 20.0 Å². The minimum absolute atomic E-state index is 0.129. The number of piperazine rings is 1. The lowest BCUT2D eigenvalue weighted by atomic mass is 10.0. The van der Waals surface area contributed by atoms with E-state index in [1.807, 2.05) is 12.1 Å². The molecule has 0 aliphatic carbocycles. The third-order valence-corrected chi connectivity index (χ3v) is 6.10. The molecule has 1 aromatic heterocycles. The van der Waals surface area contributed by atoms with Crippen molar-refractivity contribution in [1.29, 1.82) is 0 Å². The van der Waals surface area contributed by atoms with Crippen molar-refractivity contribution in [3.63, 3.8) is 0 Å². The van der Waals surface area contributed by atoms with E-state index < -0.39 is 0 Å². The summed E-state index contributed by atoms with van der Waals surface area (Å²) < 4.78 is 6.00. The predicted octanol–water partition coefficient (Wildman–Crippen LogP) is 5.05. The molecular weight excluding hydrogens is 372 g/mol. The highest BCUT2D eigenvalue weighted by Crippen LogP contribution is 2.25. The third kappa shape index (κ3) is 4.79. The molecule has 5 nitrogen and oxygen atoms in total. The predicted molar refractivity (Wildman–Crippen MR) is 120 cm³/mol. The van der Waals surface area contributed by atoms with Gasteiger partial charge in [0.2, 0.25) is 11.8 Å². The Hall–Kier alpha value is -2.50. The fourth-order valence-corrected chi connectivity index (χ4v) is 3.95. The van der Waals surface area contributed by atoms with Crippen LogP contribution in [0.2, 0.25) is 0 Å². The molecule has 0 bridgehead atoms. The molecule has 1 fully saturated rings. The highest BCUT2D eigenvalue weighted by molar-refractivity contribution is 5.52. The van der Waals surface area contributed by atoms with E-state index in [0.29, 0.717) is 17.7 Å². The molecule has 0 spiro atoms. The Bertz CT molecular complexity index is 938. The van der Waals surface area contributed by atoms with Crippen molar-refractivity contribution in [3.8, 4) is 11.5 Å². The monoisotopic (exact) mass is 404 g/mol. The van der Waals surface area contributed by atoms with Gasteiger partial charge in [0.15, 0.2) is 0 Å². The van der Waals surface area contributed by atoms with Crippen LogP contribution in [0.4, 0.5) is 0 Å². The molecule has 5 heteroatoms. The van der Waals surface area contributed by atoms with Crippen LogP contribution in [0, 0.1) is 6.92 Å². The Balaban J connectivity index is 1.32. The zero-order chi connectivity index (χ0) is 21.1. The Labute approximate surface area is 179 Å². The molecule has 30 heavy (non-hydrogen) atoms. The van der Waals surface area contributed by atoms with Gasteiger partial charge in [0.25, 0.3) is 0 Å². The zero-order valence-electron chi connectivity index (χ0n) is 18.5. The van der Waals surface area contributed by atoms with Crippen LogP contribution >= 0.6 is 0 Å². The number of benzene rings is 2. The summed E-state index contributed by atoms with van der Waals surface area (Å²) in [5.74, 6) is 1.88. The fraction of sp³-hybridized carbons (Fsp3) is 0.440. The smallest absolute Gasteiger partial charge is 0.247 e. The first-order valence-corrected chi connectivity index (χ1v) is 11.0. The molecule has 1 saturated heterocycles. The summed E-state index contributed by atoms with van der Waals surface area (Å²) >= 11 is 0. The van der Waals surface area contributed by atoms with E-state index in [2.05, 4.69) is 84.1 Å². The first-order valence-electron chi connectivity index (χ1n) is 11.0. The second-order valence-electron chi connectivity index (χ2n) is 8.70. The van der Waals surface area contributed by atoms with Crippen LogP contribution in [0.15, 0.2) is 52.9 Å². The highest BCUT2D eigenvalue weighted by Gasteiger charge is 2.25. The van der Waals surface area contributed by atoms with Crippen LogP contribution in [-0.2, 0) is 6.54 Å². The van der Waals surface area contributed by atoms with Gasteiger partial charge in [-0.1, -0.05) is 55.8 Å². The van der Waals surface area contributed by atoms with E-state index in [4.69, 9.17) is 4.42 Å². The first-order chi connectivity index (χ1) is 14.5. The summed E-state index contributed by atoms with van der Waals surface area (Å²) in [5.41, 5.74) is 4.99. The molecular formula is C25H32N4O. The van der Waals surface area contributed by atoms with Crippen molar-refractivity contribution < 1.29 is 4.42 Å². The van der Waals surface area contributed by atoms with E-state index in [9.17, 15) is 0 Å². The number of aryl methyl sites for hydroxylation is 1. The molecule has 1 aliphatic rings. The van der Waals surface area contributed by atoms with Gasteiger partial charge in [-0.3, -0.25) is 9.80 Å². The van der Waals surface area contributed by atoms with Gasteiger partial charge in [-0.25, -0.2) is 0 Å². The van der Waals surface area contributed by atoms with E-state index >= 15 is 0 Å². The van der Waals surface area contributed by atoms with Gasteiger partial charge in [0.05, 0.1) is 6.04 Å². The van der Waals surface area contributed by atoms with E-state index in [-0.39, 0.29) is 6.04 Å². The van der Waals surface area contributed by atoms with Crippen LogP contribution in [0.3, 0.4) is 0 Å². The topological polar surface area (TPSA) is 45.4 Å². The van der Waals surface area contributed by atoms with Crippen molar-refractivity contribution >= 4 is 0 Å². The number of hydrogen-bond donors (Lipinski definition) is 0. The van der Waals surface area contributed by atoms with E-state index in [0.717, 1.165) is 38.3 Å². The SMILES string of the molecule is Cc1ccc(-c2nnc([C@@H](C)N3CCN(Cc4ccc(C(C)C)cc4)CC3)o2)cc1. The highest BCUT2D eigenvalue weighted by atomic mass is 16.4. The number of hydrogen-bond acceptors (Lipinski definition) is 5. The first kappa shape index (κ1) is 20.8. The van der Waals surface area contributed by atoms with Crippen LogP contribution in [0.1, 0.15) is 55.3 Å². The fourth-order valence-electron chi connectivity index (χ4n) is 3.95. The standard InChI is InChI=1S/C25H32N4O/c1-18(2)22-11-7-21(8-12-22)17-28-13-15-29(16-14-28)20(4)24-26-27-25(30-24)23-9-5-19(3)6-10-23/h5-12,18,20H,13-17H2,1-4H3/t20-/m1/s1. The lowest BCUT2D eigenvalue weighted by molar-refractivity contribution is 0.0876. The molecule has 2 aromatic carbocycles. The van der Waals surface area contributed by atoms with Crippen LogP contribution < -0.4 is 0 Å². The molecule has 158 valence electrons. The summed E-state index contributed by atoms with van der Waals surface area (Å²) in [6.45, 7) is 13.8. The van der Waals surface area contributed by atoms with Crippen molar-refractivity contribution in [2.45, 2.75) is 46.2 Å². The summed E-state index contributed by atoms with van der Waals surface area (Å²) in [6, 6.07) is 17.4. The molecule has 3 aromatic rings. The van der Waals surface area contributed by atoms with Gasteiger partial charge in [0, 0.05) is 38.3 Å². The maximum Gasteiger partial charge on any atom is 0.247 e. The quantitative estimate of drug-likeness (QED) is 0.575. The largest absolute Gasteiger partial charge is 0.419 e. The summed E-state index contributed by atoms with van der Waals surface area (Å²) in [7, 11) is 0. The van der Waals surface area contributed by atoms with Crippen LogP contribution in [0.25, 0.3) is 11.5 Å². The molecule has 0 amide bonds. The van der Waals surface area contributed by atoms with Crippen LogP contribution in [0.5, 0.6) is 0 Å². The second-order valence-corrected chi connectivity index (χ2v) is 8.70. The average molecular weight is 405 g/mol. The zero-order valence-corrected chi connectivity index (χ0v) is 18.5. The molecule has 4 rings (SSSR count). The molecule has 0 unspecified atom stereocenters. The van der Waals surface area contributed by atoms with Gasteiger partial charge in [0.1, 0.15) is 0 Å². The number of nitrogens with zero attached hydrogens (tertiary/aromatic N) is 4. The normalized spacial score (nSPS) is 16.8. The minimum atomic E-state index is 0.129. The molecule has 2 heterocycles. The molecule has 0 N–H and O–H groups in total. The van der Waals surface area contributed by atoms with E-state index in [1.165, 1.54) is 16.7 Å². The van der Waals surface area contributed by atoms with Crippen molar-refractivity contribution in [2.24, 2.45) is 0 Å². The Morgan fingerprint density at radius 2 is 1.53 bits per heavy atom. The third-order valence-electron chi connectivity index (χ3n) is 6.10. The van der Waals surface area contributed by atoms with E-state index in [1.54, 1.807) is 0 Å². The number of rotatable bonds is 6. The summed E-state index contributed by atoms with van der Waals surface area (Å²) in [6.07, 6.45) is 0. The maximum atomic E-state index is 6.00. The average Bonchev–Trinajstić information content (AvgIpc) is 3.25. The molecule has 0 saturated carbocycles. The Kier molecular flexibility index (Phi) is 6.30. The molecule has 1 atom stereocenters. The van der Waals surface area contributed by atoms with Crippen molar-refractivity contribution in [2.75, 3.05) is 26.2 Å². The van der Waals surface area contributed by atoms with Gasteiger partial charge in [-0.15, -0.1) is 10.2 Å².